The van der Waals surface area contributed by atoms with Gasteiger partial charge in [-0.15, -0.1) is 0 Å². The van der Waals surface area contributed by atoms with E-state index in [1.54, 1.807) is 0 Å². The zero-order valence-corrected chi connectivity index (χ0v) is 12.4. The number of morpholine rings is 1. The van der Waals surface area contributed by atoms with Crippen LogP contribution in [0.25, 0.3) is 0 Å². The van der Waals surface area contributed by atoms with Crippen LogP contribution in [-0.4, -0.2) is 47.8 Å². The second kappa shape index (κ2) is 5.94. The molecule has 0 bridgehead atoms. The summed E-state index contributed by atoms with van der Waals surface area (Å²) in [5.74, 6) is 0.0814. The first-order chi connectivity index (χ1) is 9.46. The fraction of sp³-hybridized carbons (Fsp3) is 0.562. The Morgan fingerprint density at radius 2 is 2.05 bits per heavy atom. The van der Waals surface area contributed by atoms with Crippen LogP contribution in [-0.2, 0) is 14.9 Å². The molecule has 0 spiro atoms. The van der Waals surface area contributed by atoms with Gasteiger partial charge in [0, 0.05) is 6.54 Å². The molecule has 110 valence electrons. The molecule has 0 aliphatic carbocycles. The Morgan fingerprint density at radius 1 is 1.40 bits per heavy atom. The van der Waals surface area contributed by atoms with Crippen molar-refractivity contribution in [1.82, 2.24) is 4.90 Å². The first kappa shape index (κ1) is 15.0. The van der Waals surface area contributed by atoms with Crippen molar-refractivity contribution in [1.29, 1.82) is 0 Å². The lowest BCUT2D eigenvalue weighted by atomic mass is 9.82. The minimum Gasteiger partial charge on any atom is -0.394 e. The average Bonchev–Trinajstić information content (AvgIpc) is 2.48. The molecule has 1 N–H and O–H groups in total. The van der Waals surface area contributed by atoms with Crippen LogP contribution in [0.3, 0.4) is 0 Å². The van der Waals surface area contributed by atoms with Crippen LogP contribution in [0.2, 0.25) is 0 Å². The number of aliphatic hydroxyl groups excluding tert-OH is 1. The molecule has 1 heterocycles. The zero-order valence-electron chi connectivity index (χ0n) is 12.4. The van der Waals surface area contributed by atoms with E-state index in [2.05, 4.69) is 0 Å². The van der Waals surface area contributed by atoms with Gasteiger partial charge in [0.05, 0.1) is 30.8 Å². The van der Waals surface area contributed by atoms with Crippen molar-refractivity contribution in [2.24, 2.45) is 0 Å². The molecular weight excluding hydrogens is 254 g/mol. The van der Waals surface area contributed by atoms with Crippen LogP contribution in [0.15, 0.2) is 30.3 Å². The molecule has 1 fully saturated rings. The van der Waals surface area contributed by atoms with Gasteiger partial charge in [0.2, 0.25) is 5.91 Å². The fourth-order valence-corrected chi connectivity index (χ4v) is 2.55. The average molecular weight is 277 g/mol. The smallest absolute Gasteiger partial charge is 0.233 e. The summed E-state index contributed by atoms with van der Waals surface area (Å²) < 4.78 is 5.49. The lowest BCUT2D eigenvalue weighted by Crippen LogP contribution is -2.56. The predicted octanol–water partition coefficient (Wildman–Crippen LogP) is 1.57. The summed E-state index contributed by atoms with van der Waals surface area (Å²) in [6.07, 6.45) is -0.276. The first-order valence-electron chi connectivity index (χ1n) is 7.06. The van der Waals surface area contributed by atoms with Crippen LogP contribution in [0, 0.1) is 0 Å². The topological polar surface area (TPSA) is 49.8 Å². The normalized spacial score (nSPS) is 23.7. The van der Waals surface area contributed by atoms with Gasteiger partial charge in [-0.25, -0.2) is 0 Å². The van der Waals surface area contributed by atoms with Crippen molar-refractivity contribution < 1.29 is 14.6 Å². The molecule has 4 nitrogen and oxygen atoms in total. The Kier molecular flexibility index (Phi) is 4.45. The maximum absolute atomic E-state index is 12.9. The van der Waals surface area contributed by atoms with Crippen molar-refractivity contribution in [3.8, 4) is 0 Å². The number of aliphatic hydroxyl groups is 1. The van der Waals surface area contributed by atoms with Crippen LogP contribution in [0.4, 0.5) is 0 Å². The highest BCUT2D eigenvalue weighted by Gasteiger charge is 2.38. The lowest BCUT2D eigenvalue weighted by Gasteiger charge is -2.41. The molecule has 1 aromatic rings. The Morgan fingerprint density at radius 3 is 2.65 bits per heavy atom. The summed E-state index contributed by atoms with van der Waals surface area (Å²) in [5, 5.41) is 9.23. The van der Waals surface area contributed by atoms with E-state index in [0.29, 0.717) is 13.2 Å². The van der Waals surface area contributed by atoms with E-state index >= 15 is 0 Å². The number of ether oxygens (including phenoxy) is 1. The Labute approximate surface area is 120 Å². The standard InChI is InChI=1S/C16H23NO3/c1-12-11-20-14(10-18)9-17(12)15(19)16(2,3)13-7-5-4-6-8-13/h4-8,12,14,18H,9-11H2,1-3H3. The number of nitrogens with zero attached hydrogens (tertiary/aromatic N) is 1. The molecule has 0 aromatic heterocycles. The molecular formula is C16H23NO3. The van der Waals surface area contributed by atoms with Gasteiger partial charge in [-0.05, 0) is 26.3 Å². The summed E-state index contributed by atoms with van der Waals surface area (Å²) in [5.41, 5.74) is 0.427. The number of hydrogen-bond donors (Lipinski definition) is 1. The first-order valence-corrected chi connectivity index (χ1v) is 7.06. The third-order valence-electron chi connectivity index (χ3n) is 4.00. The summed E-state index contributed by atoms with van der Waals surface area (Å²) in [6, 6.07) is 9.84. The van der Waals surface area contributed by atoms with E-state index in [0.717, 1.165) is 5.56 Å². The van der Waals surface area contributed by atoms with Gasteiger partial charge in [0.25, 0.3) is 0 Å². The van der Waals surface area contributed by atoms with Gasteiger partial charge in [0.1, 0.15) is 0 Å². The Hall–Kier alpha value is -1.39. The Balaban J connectivity index is 2.21. The van der Waals surface area contributed by atoms with E-state index in [-0.39, 0.29) is 24.7 Å². The molecule has 1 saturated heterocycles. The maximum Gasteiger partial charge on any atom is 0.233 e. The molecule has 4 heteroatoms. The fourth-order valence-electron chi connectivity index (χ4n) is 2.55. The van der Waals surface area contributed by atoms with Crippen molar-refractivity contribution in [2.45, 2.75) is 38.3 Å². The van der Waals surface area contributed by atoms with Crippen molar-refractivity contribution >= 4 is 5.91 Å². The number of benzene rings is 1. The van der Waals surface area contributed by atoms with E-state index in [1.807, 2.05) is 56.0 Å². The SMILES string of the molecule is CC1COC(CO)CN1C(=O)C(C)(C)c1ccccc1. The number of carbonyl (C=O) groups excluding carboxylic acids is 1. The Bertz CT molecular complexity index is 458. The molecule has 1 aliphatic rings. The van der Waals surface area contributed by atoms with Crippen molar-refractivity contribution in [2.75, 3.05) is 19.8 Å². The van der Waals surface area contributed by atoms with Crippen LogP contribution in [0.1, 0.15) is 26.3 Å². The van der Waals surface area contributed by atoms with Gasteiger partial charge in [-0.2, -0.15) is 0 Å². The summed E-state index contributed by atoms with van der Waals surface area (Å²) in [6.45, 7) is 6.74. The molecule has 0 saturated carbocycles. The van der Waals surface area contributed by atoms with Crippen LogP contribution < -0.4 is 0 Å². The third-order valence-corrected chi connectivity index (χ3v) is 4.00. The van der Waals surface area contributed by atoms with Gasteiger partial charge in [-0.3, -0.25) is 4.79 Å². The van der Waals surface area contributed by atoms with Crippen LogP contribution in [0.5, 0.6) is 0 Å². The largest absolute Gasteiger partial charge is 0.394 e. The summed E-state index contributed by atoms with van der Waals surface area (Å²) >= 11 is 0. The lowest BCUT2D eigenvalue weighted by molar-refractivity contribution is -0.151. The summed E-state index contributed by atoms with van der Waals surface area (Å²) in [7, 11) is 0. The van der Waals surface area contributed by atoms with E-state index in [9.17, 15) is 9.90 Å². The quantitative estimate of drug-likeness (QED) is 0.912. The third kappa shape index (κ3) is 2.86. The summed E-state index contributed by atoms with van der Waals surface area (Å²) in [4.78, 5) is 14.7. The number of carbonyl (C=O) groups is 1. The highest BCUT2D eigenvalue weighted by atomic mass is 16.5. The van der Waals surface area contributed by atoms with Gasteiger partial charge >= 0.3 is 0 Å². The van der Waals surface area contributed by atoms with Crippen molar-refractivity contribution in [3.05, 3.63) is 35.9 Å². The van der Waals surface area contributed by atoms with Crippen molar-refractivity contribution in [3.63, 3.8) is 0 Å². The van der Waals surface area contributed by atoms with Gasteiger partial charge in [0.15, 0.2) is 0 Å². The molecule has 1 aliphatic heterocycles. The maximum atomic E-state index is 12.9. The van der Waals surface area contributed by atoms with E-state index < -0.39 is 5.41 Å². The predicted molar refractivity (Wildman–Crippen MR) is 77.5 cm³/mol. The minimum atomic E-state index is -0.577. The molecule has 0 radical (unpaired) electrons. The number of amides is 1. The monoisotopic (exact) mass is 277 g/mol. The van der Waals surface area contributed by atoms with Crippen LogP contribution >= 0.6 is 0 Å². The molecule has 2 rings (SSSR count). The molecule has 1 amide bonds. The number of rotatable bonds is 3. The highest BCUT2D eigenvalue weighted by Crippen LogP contribution is 2.27. The van der Waals surface area contributed by atoms with Gasteiger partial charge < -0.3 is 14.7 Å². The zero-order chi connectivity index (χ0) is 14.8. The molecule has 20 heavy (non-hydrogen) atoms. The highest BCUT2D eigenvalue weighted by molar-refractivity contribution is 5.87. The number of hydrogen-bond acceptors (Lipinski definition) is 3. The van der Waals surface area contributed by atoms with Gasteiger partial charge in [-0.1, -0.05) is 30.3 Å². The van der Waals surface area contributed by atoms with E-state index in [1.165, 1.54) is 0 Å². The molecule has 2 atom stereocenters. The van der Waals surface area contributed by atoms with E-state index in [4.69, 9.17) is 4.74 Å². The second-order valence-corrected chi connectivity index (χ2v) is 5.94. The molecule has 1 aromatic carbocycles. The second-order valence-electron chi connectivity index (χ2n) is 5.94. The molecule has 2 unspecified atom stereocenters. The minimum absolute atomic E-state index is 0.0355.